The van der Waals surface area contributed by atoms with Crippen LogP contribution in [0.2, 0.25) is 0 Å². The molecule has 4 atom stereocenters. The lowest BCUT2D eigenvalue weighted by Gasteiger charge is -2.42. The summed E-state index contributed by atoms with van der Waals surface area (Å²) in [6.45, 7) is 4.22. The Kier molecular flexibility index (Phi) is 9.66. The molecule has 29 heavy (non-hydrogen) atoms. The van der Waals surface area contributed by atoms with E-state index in [2.05, 4.69) is 19.1 Å². The van der Waals surface area contributed by atoms with E-state index in [-0.39, 0.29) is 31.8 Å². The van der Waals surface area contributed by atoms with Gasteiger partial charge in [-0.3, -0.25) is 0 Å². The summed E-state index contributed by atoms with van der Waals surface area (Å²) >= 11 is 0. The number of ether oxygens (including phenoxy) is 2. The smallest absolute Gasteiger partial charge is 0.187 e. The molecule has 0 spiro atoms. The molecule has 2 heterocycles. The third-order valence-electron chi connectivity index (χ3n) is 4.94. The van der Waals surface area contributed by atoms with Gasteiger partial charge in [-0.05, 0) is 12.0 Å². The molecule has 0 saturated carbocycles. The van der Waals surface area contributed by atoms with Gasteiger partial charge in [0.05, 0.1) is 46.2 Å². The SMILES string of the molecule is CCC(COCCO)(c1ccccc1)C(P1OCCO1)P1OCC(OCCO)O1. The number of hydrogen-bond acceptors (Lipinski definition) is 8. The highest BCUT2D eigenvalue weighted by molar-refractivity contribution is 7.66. The Morgan fingerprint density at radius 2 is 1.79 bits per heavy atom. The van der Waals surface area contributed by atoms with Gasteiger partial charge < -0.3 is 37.8 Å². The maximum Gasteiger partial charge on any atom is 0.187 e. The van der Waals surface area contributed by atoms with E-state index >= 15 is 0 Å². The van der Waals surface area contributed by atoms with Crippen LogP contribution in [0.1, 0.15) is 18.9 Å². The zero-order valence-corrected chi connectivity index (χ0v) is 18.4. The molecule has 0 aromatic heterocycles. The summed E-state index contributed by atoms with van der Waals surface area (Å²) in [6.07, 6.45) is 0.240. The van der Waals surface area contributed by atoms with Gasteiger partial charge in [0.1, 0.15) is 12.0 Å². The minimum atomic E-state index is -1.38. The quantitative estimate of drug-likeness (QED) is 0.372. The summed E-state index contributed by atoms with van der Waals surface area (Å²) < 4.78 is 35.6. The van der Waals surface area contributed by atoms with Gasteiger partial charge in [-0.1, -0.05) is 37.3 Å². The normalized spacial score (nSPS) is 25.9. The Labute approximate surface area is 174 Å². The Morgan fingerprint density at radius 1 is 1.07 bits per heavy atom. The standard InChI is InChI=1S/C19H30O8P2/c1-2-19(15-22-10-8-20,16-6-4-3-5-7-16)18(28-24-12-13-25-28)29-26-14-17(27-29)23-11-9-21/h3-7,17-18,20-21H,2,8-15H2,1H3. The second-order valence-corrected chi connectivity index (χ2v) is 10.3. The molecule has 1 aromatic rings. The third kappa shape index (κ3) is 5.72. The van der Waals surface area contributed by atoms with E-state index in [1.54, 1.807) is 0 Å². The van der Waals surface area contributed by atoms with Crippen LogP contribution in [0.5, 0.6) is 0 Å². The highest BCUT2D eigenvalue weighted by Gasteiger charge is 2.54. The second-order valence-electron chi connectivity index (χ2n) is 6.69. The van der Waals surface area contributed by atoms with Crippen molar-refractivity contribution in [1.82, 2.24) is 0 Å². The van der Waals surface area contributed by atoms with Crippen molar-refractivity contribution >= 4 is 16.8 Å². The largest absolute Gasteiger partial charge is 0.394 e. The summed E-state index contributed by atoms with van der Waals surface area (Å²) in [5.74, 6) is 0. The molecule has 1 aromatic carbocycles. The third-order valence-corrected chi connectivity index (χ3v) is 9.58. The fraction of sp³-hybridized carbons (Fsp3) is 0.684. The zero-order valence-electron chi connectivity index (χ0n) is 16.6. The lowest BCUT2D eigenvalue weighted by Crippen LogP contribution is -2.42. The van der Waals surface area contributed by atoms with Gasteiger partial charge >= 0.3 is 0 Å². The van der Waals surface area contributed by atoms with Crippen LogP contribution in [0.25, 0.3) is 0 Å². The summed E-state index contributed by atoms with van der Waals surface area (Å²) in [5, 5.41) is 18.1. The van der Waals surface area contributed by atoms with Crippen molar-refractivity contribution in [3.8, 4) is 0 Å². The molecule has 10 heteroatoms. The first-order chi connectivity index (χ1) is 14.2. The molecule has 2 fully saturated rings. The first-order valence-electron chi connectivity index (χ1n) is 9.85. The van der Waals surface area contributed by atoms with E-state index in [0.717, 1.165) is 12.0 Å². The second kappa shape index (κ2) is 12.0. The number of rotatable bonds is 12. The highest BCUT2D eigenvalue weighted by atomic mass is 31.2. The van der Waals surface area contributed by atoms with E-state index in [0.29, 0.717) is 26.4 Å². The van der Waals surface area contributed by atoms with Crippen molar-refractivity contribution in [1.29, 1.82) is 0 Å². The zero-order chi connectivity index (χ0) is 20.5. The number of aliphatic hydroxyl groups excluding tert-OH is 2. The predicted molar refractivity (Wildman–Crippen MR) is 110 cm³/mol. The summed E-state index contributed by atoms with van der Waals surface area (Å²) in [5.41, 5.74) is 0.630. The number of aliphatic hydroxyl groups is 2. The van der Waals surface area contributed by atoms with E-state index in [1.807, 2.05) is 18.2 Å². The maximum absolute atomic E-state index is 9.23. The van der Waals surface area contributed by atoms with Crippen molar-refractivity contribution in [2.45, 2.75) is 30.4 Å². The summed E-state index contributed by atoms with van der Waals surface area (Å²) in [4.78, 5) is 0. The number of hydrogen-bond donors (Lipinski definition) is 2. The lowest BCUT2D eigenvalue weighted by atomic mass is 9.80. The van der Waals surface area contributed by atoms with Gasteiger partial charge in [0.15, 0.2) is 23.0 Å². The summed E-state index contributed by atoms with van der Waals surface area (Å²) in [6, 6.07) is 10.1. The van der Waals surface area contributed by atoms with Crippen LogP contribution in [0, 0.1) is 0 Å². The van der Waals surface area contributed by atoms with Crippen molar-refractivity contribution in [2.24, 2.45) is 0 Å². The average Bonchev–Trinajstić information content (AvgIpc) is 3.45. The van der Waals surface area contributed by atoms with Gasteiger partial charge in [-0.25, -0.2) is 0 Å². The Balaban J connectivity index is 1.92. The summed E-state index contributed by atoms with van der Waals surface area (Å²) in [7, 11) is -2.64. The molecule has 0 amide bonds. The molecule has 164 valence electrons. The Morgan fingerprint density at radius 3 is 2.45 bits per heavy atom. The molecule has 2 N–H and O–H groups in total. The topological polar surface area (TPSA) is 95.8 Å². The van der Waals surface area contributed by atoms with E-state index < -0.39 is 28.5 Å². The fourth-order valence-corrected chi connectivity index (χ4v) is 8.30. The van der Waals surface area contributed by atoms with Crippen LogP contribution in [0.15, 0.2) is 30.3 Å². The van der Waals surface area contributed by atoms with Crippen LogP contribution in [0.3, 0.4) is 0 Å². The molecule has 3 rings (SSSR count). The van der Waals surface area contributed by atoms with E-state index in [4.69, 9.17) is 32.7 Å². The van der Waals surface area contributed by atoms with Gasteiger partial charge in [0.2, 0.25) is 0 Å². The molecule has 8 nitrogen and oxygen atoms in total. The molecule has 4 unspecified atom stereocenters. The molecule has 0 radical (unpaired) electrons. The maximum atomic E-state index is 9.23. The average molecular weight is 448 g/mol. The van der Waals surface area contributed by atoms with E-state index in [1.165, 1.54) is 0 Å². The van der Waals surface area contributed by atoms with Crippen molar-refractivity contribution in [3.63, 3.8) is 0 Å². The van der Waals surface area contributed by atoms with Crippen molar-refractivity contribution in [3.05, 3.63) is 35.9 Å². The minimum Gasteiger partial charge on any atom is -0.394 e. The molecule has 0 aliphatic carbocycles. The molecule has 2 aliphatic heterocycles. The van der Waals surface area contributed by atoms with Gasteiger partial charge in [-0.15, -0.1) is 0 Å². The highest BCUT2D eigenvalue weighted by Crippen LogP contribution is 2.70. The van der Waals surface area contributed by atoms with Crippen LogP contribution in [-0.4, -0.2) is 74.8 Å². The molecular weight excluding hydrogens is 418 g/mol. The van der Waals surface area contributed by atoms with Crippen molar-refractivity contribution < 1.29 is 37.8 Å². The van der Waals surface area contributed by atoms with Crippen LogP contribution < -0.4 is 0 Å². The first kappa shape index (κ1) is 23.4. The molecule has 2 aliphatic rings. The molecular formula is C19H30O8P2. The van der Waals surface area contributed by atoms with E-state index in [9.17, 15) is 5.11 Å². The van der Waals surface area contributed by atoms with Crippen LogP contribution in [-0.2, 0) is 33.0 Å². The van der Waals surface area contributed by atoms with Crippen LogP contribution in [0.4, 0.5) is 0 Å². The van der Waals surface area contributed by atoms with Crippen molar-refractivity contribution in [2.75, 3.05) is 52.9 Å². The predicted octanol–water partition coefficient (Wildman–Crippen LogP) is 2.72. The number of benzene rings is 1. The fourth-order valence-electron chi connectivity index (χ4n) is 3.50. The van der Waals surface area contributed by atoms with Gasteiger partial charge in [-0.2, -0.15) is 0 Å². The first-order valence-corrected chi connectivity index (χ1v) is 12.3. The van der Waals surface area contributed by atoms with Gasteiger partial charge in [0, 0.05) is 5.41 Å². The Bertz CT molecular complexity index is 589. The van der Waals surface area contributed by atoms with Crippen LogP contribution >= 0.6 is 16.8 Å². The van der Waals surface area contributed by atoms with Gasteiger partial charge in [0.25, 0.3) is 0 Å². The lowest BCUT2D eigenvalue weighted by molar-refractivity contribution is -0.0753. The Hall–Kier alpha value is -0.240. The minimum absolute atomic E-state index is 0.0418. The monoisotopic (exact) mass is 448 g/mol. The molecule has 0 bridgehead atoms. The molecule has 2 saturated heterocycles.